The summed E-state index contributed by atoms with van der Waals surface area (Å²) < 4.78 is 0. The van der Waals surface area contributed by atoms with Crippen LogP contribution in [0.4, 0.5) is 5.82 Å². The van der Waals surface area contributed by atoms with E-state index in [1.807, 2.05) is 0 Å². The fourth-order valence-corrected chi connectivity index (χ4v) is 4.50. The van der Waals surface area contributed by atoms with E-state index in [4.69, 9.17) is 5.73 Å². The van der Waals surface area contributed by atoms with Crippen LogP contribution in [0.25, 0.3) is 0 Å². The minimum absolute atomic E-state index is 0.407. The number of nitrogens with one attached hydrogen (secondary N) is 2. The molecule has 0 radical (unpaired) electrons. The molecular weight excluding hydrogens is 338 g/mol. The fraction of sp³-hybridized carbons (Fsp3) is 0.429. The number of nitrogens with zero attached hydrogens (tertiary/aromatic N) is 2. The van der Waals surface area contributed by atoms with E-state index in [1.165, 1.54) is 11.1 Å². The summed E-state index contributed by atoms with van der Waals surface area (Å²) in [6, 6.07) is 12.6. The van der Waals surface area contributed by atoms with Gasteiger partial charge in [0.2, 0.25) is 5.91 Å². The molecule has 2 saturated heterocycles. The third kappa shape index (κ3) is 3.68. The Hall–Kier alpha value is -2.44. The van der Waals surface area contributed by atoms with Crippen molar-refractivity contribution in [3.8, 4) is 0 Å². The van der Waals surface area contributed by atoms with Gasteiger partial charge in [0.05, 0.1) is 0 Å². The van der Waals surface area contributed by atoms with Gasteiger partial charge in [0.25, 0.3) is 0 Å². The van der Waals surface area contributed by atoms with Gasteiger partial charge in [0.15, 0.2) is 0 Å². The second-order valence-corrected chi connectivity index (χ2v) is 7.61. The summed E-state index contributed by atoms with van der Waals surface area (Å²) in [5.74, 6) is 1.55. The van der Waals surface area contributed by atoms with Crippen molar-refractivity contribution in [1.29, 1.82) is 0 Å². The van der Waals surface area contributed by atoms with Crippen LogP contribution in [-0.4, -0.2) is 36.6 Å². The van der Waals surface area contributed by atoms with Crippen LogP contribution in [0.5, 0.6) is 0 Å². The van der Waals surface area contributed by atoms with Crippen LogP contribution in [0.1, 0.15) is 40.2 Å². The molecule has 2 atom stereocenters. The highest BCUT2D eigenvalue weighted by Gasteiger charge is 2.36. The number of hydrogen-bond donors (Lipinski definition) is 3. The molecule has 0 bridgehead atoms. The summed E-state index contributed by atoms with van der Waals surface area (Å²) >= 11 is 0. The van der Waals surface area contributed by atoms with E-state index in [0.717, 1.165) is 38.3 Å². The number of aromatic nitrogens is 1. The number of nitrogens with two attached hydrogens (primary N) is 1. The van der Waals surface area contributed by atoms with Gasteiger partial charge < -0.3 is 10.6 Å². The first-order valence-electron chi connectivity index (χ1n) is 9.68. The number of carbonyl (C=O) groups is 1. The third-order valence-electron chi connectivity index (χ3n) is 6.01. The Morgan fingerprint density at radius 2 is 2.00 bits per heavy atom. The lowest BCUT2D eigenvalue weighted by Gasteiger charge is -2.37. The summed E-state index contributed by atoms with van der Waals surface area (Å²) in [6.07, 6.45) is 3.87. The van der Waals surface area contributed by atoms with Gasteiger partial charge in [-0.3, -0.25) is 15.6 Å². The molecule has 2 aliphatic heterocycles. The topological polar surface area (TPSA) is 83.3 Å². The highest BCUT2D eigenvalue weighted by Crippen LogP contribution is 2.34. The van der Waals surface area contributed by atoms with Crippen molar-refractivity contribution in [2.45, 2.75) is 31.7 Å². The Kier molecular flexibility index (Phi) is 5.09. The van der Waals surface area contributed by atoms with Crippen LogP contribution >= 0.6 is 0 Å². The molecule has 6 heteroatoms. The van der Waals surface area contributed by atoms with Gasteiger partial charge in [-0.25, -0.2) is 4.98 Å². The molecule has 0 saturated carbocycles. The molecule has 6 nitrogen and oxygen atoms in total. The van der Waals surface area contributed by atoms with E-state index in [9.17, 15) is 4.79 Å². The highest BCUT2D eigenvalue weighted by atomic mass is 16.1. The highest BCUT2D eigenvalue weighted by molar-refractivity contribution is 5.93. The summed E-state index contributed by atoms with van der Waals surface area (Å²) in [5.41, 5.74) is 15.6. The quantitative estimate of drug-likeness (QED) is 0.772. The van der Waals surface area contributed by atoms with E-state index in [1.54, 1.807) is 18.3 Å². The van der Waals surface area contributed by atoms with Crippen molar-refractivity contribution in [3.05, 3.63) is 59.3 Å². The molecule has 2 fully saturated rings. The predicted octanol–water partition coefficient (Wildman–Crippen LogP) is 1.97. The van der Waals surface area contributed by atoms with Crippen molar-refractivity contribution in [3.63, 3.8) is 0 Å². The van der Waals surface area contributed by atoms with Crippen molar-refractivity contribution in [2.24, 2.45) is 11.7 Å². The molecule has 142 valence electrons. The third-order valence-corrected chi connectivity index (χ3v) is 6.01. The minimum Gasteiger partial charge on any atom is -0.366 e. The van der Waals surface area contributed by atoms with Crippen LogP contribution in [0.2, 0.25) is 0 Å². The van der Waals surface area contributed by atoms with Crippen LogP contribution in [0, 0.1) is 12.8 Å². The molecule has 4 rings (SSSR count). The zero-order chi connectivity index (χ0) is 18.8. The maximum atomic E-state index is 11.4. The number of piperidine rings is 1. The SMILES string of the molecule is Cc1ccccc1C1CNNC1C1CCN(c2cc(C(N)=O)ccn2)CC1. The van der Waals surface area contributed by atoms with Gasteiger partial charge in [-0.1, -0.05) is 24.3 Å². The molecule has 2 unspecified atom stereocenters. The van der Waals surface area contributed by atoms with Crippen LogP contribution in [-0.2, 0) is 0 Å². The molecule has 1 aromatic carbocycles. The average molecular weight is 365 g/mol. The number of pyridine rings is 1. The Labute approximate surface area is 160 Å². The van der Waals surface area contributed by atoms with Crippen molar-refractivity contribution < 1.29 is 4.79 Å². The first-order chi connectivity index (χ1) is 13.1. The number of benzene rings is 1. The number of hydrogen-bond acceptors (Lipinski definition) is 5. The van der Waals surface area contributed by atoms with Crippen molar-refractivity contribution in [1.82, 2.24) is 15.8 Å². The molecule has 0 aliphatic carbocycles. The number of hydrazine groups is 1. The summed E-state index contributed by atoms with van der Waals surface area (Å²) in [6.45, 7) is 5.06. The molecule has 27 heavy (non-hydrogen) atoms. The van der Waals surface area contributed by atoms with E-state index in [0.29, 0.717) is 23.4 Å². The Balaban J connectivity index is 1.44. The Bertz CT molecular complexity index is 816. The van der Waals surface area contributed by atoms with Crippen molar-refractivity contribution in [2.75, 3.05) is 24.5 Å². The van der Waals surface area contributed by atoms with Crippen LogP contribution in [0.3, 0.4) is 0 Å². The number of rotatable bonds is 4. The summed E-state index contributed by atoms with van der Waals surface area (Å²) in [4.78, 5) is 18.1. The van der Waals surface area contributed by atoms with Gasteiger partial charge in [0, 0.05) is 43.4 Å². The fourth-order valence-electron chi connectivity index (χ4n) is 4.50. The molecule has 4 N–H and O–H groups in total. The second-order valence-electron chi connectivity index (χ2n) is 7.61. The minimum atomic E-state index is -0.407. The smallest absolute Gasteiger partial charge is 0.248 e. The van der Waals surface area contributed by atoms with E-state index in [2.05, 4.69) is 51.9 Å². The standard InChI is InChI=1S/C21H27N5O/c1-14-4-2-3-5-17(14)18-13-24-25-20(18)15-7-10-26(11-8-15)19-12-16(21(22)27)6-9-23-19/h2-6,9,12,15,18,20,24-25H,7-8,10-11,13H2,1H3,(H2,22,27). The zero-order valence-electron chi connectivity index (χ0n) is 15.7. The van der Waals surface area contributed by atoms with Crippen molar-refractivity contribution >= 4 is 11.7 Å². The molecule has 0 spiro atoms. The van der Waals surface area contributed by atoms with Gasteiger partial charge in [-0.15, -0.1) is 0 Å². The average Bonchev–Trinajstić information content (AvgIpc) is 3.18. The van der Waals surface area contributed by atoms with Gasteiger partial charge in [0.1, 0.15) is 5.82 Å². The lowest BCUT2D eigenvalue weighted by Crippen LogP contribution is -2.44. The number of anilines is 1. The molecule has 2 aromatic rings. The van der Waals surface area contributed by atoms with Gasteiger partial charge in [-0.2, -0.15) is 0 Å². The number of amides is 1. The van der Waals surface area contributed by atoms with Crippen LogP contribution in [0.15, 0.2) is 42.6 Å². The van der Waals surface area contributed by atoms with Crippen LogP contribution < -0.4 is 21.5 Å². The number of primary amides is 1. The number of carbonyl (C=O) groups excluding carboxylic acids is 1. The molecule has 3 heterocycles. The first-order valence-corrected chi connectivity index (χ1v) is 9.68. The molecule has 2 aliphatic rings. The summed E-state index contributed by atoms with van der Waals surface area (Å²) in [5, 5.41) is 0. The Morgan fingerprint density at radius 1 is 1.22 bits per heavy atom. The largest absolute Gasteiger partial charge is 0.366 e. The maximum absolute atomic E-state index is 11.4. The lowest BCUT2D eigenvalue weighted by molar-refractivity contribution is 0.1000. The van der Waals surface area contributed by atoms with Gasteiger partial charge >= 0.3 is 0 Å². The van der Waals surface area contributed by atoms with E-state index in [-0.39, 0.29) is 0 Å². The lowest BCUT2D eigenvalue weighted by atomic mass is 9.79. The molecule has 1 amide bonds. The molecule has 1 aromatic heterocycles. The first kappa shape index (κ1) is 17.9. The van der Waals surface area contributed by atoms with Gasteiger partial charge in [-0.05, 0) is 48.9 Å². The predicted molar refractivity (Wildman–Crippen MR) is 107 cm³/mol. The second kappa shape index (κ2) is 7.66. The zero-order valence-corrected chi connectivity index (χ0v) is 15.7. The summed E-state index contributed by atoms with van der Waals surface area (Å²) in [7, 11) is 0. The van der Waals surface area contributed by atoms with E-state index >= 15 is 0 Å². The molecular formula is C21H27N5O. The monoisotopic (exact) mass is 365 g/mol. The Morgan fingerprint density at radius 3 is 2.74 bits per heavy atom. The number of aryl methyl sites for hydroxylation is 1. The normalized spacial score (nSPS) is 23.5. The maximum Gasteiger partial charge on any atom is 0.248 e. The van der Waals surface area contributed by atoms with E-state index < -0.39 is 5.91 Å².